The van der Waals surface area contributed by atoms with E-state index in [1.807, 2.05) is 19.3 Å². The Bertz CT molecular complexity index is 622. The molecule has 0 aromatic carbocycles. The highest BCUT2D eigenvalue weighted by atomic mass is 16.6. The van der Waals surface area contributed by atoms with Gasteiger partial charge in [0.05, 0.1) is 6.54 Å². The normalized spacial score (nSPS) is 21.3. The van der Waals surface area contributed by atoms with E-state index in [-0.39, 0.29) is 18.5 Å². The highest BCUT2D eigenvalue weighted by Crippen LogP contribution is 2.14. The summed E-state index contributed by atoms with van der Waals surface area (Å²) in [5.74, 6) is 0.764. The lowest BCUT2D eigenvalue weighted by Crippen LogP contribution is -2.42. The quantitative estimate of drug-likeness (QED) is 0.812. The fourth-order valence-electron chi connectivity index (χ4n) is 3.38. The van der Waals surface area contributed by atoms with E-state index in [0.717, 1.165) is 56.7 Å². The van der Waals surface area contributed by atoms with E-state index in [0.29, 0.717) is 13.2 Å². The third kappa shape index (κ3) is 5.14. The summed E-state index contributed by atoms with van der Waals surface area (Å²) >= 11 is 0. The number of carbonyl (C=O) groups excluding carboxylic acids is 2. The molecule has 8 nitrogen and oxygen atoms in total. The van der Waals surface area contributed by atoms with Gasteiger partial charge in [0.1, 0.15) is 19.0 Å². The molecule has 1 atom stereocenters. The molecule has 0 bridgehead atoms. The molecule has 1 N–H and O–H groups in total. The summed E-state index contributed by atoms with van der Waals surface area (Å²) in [6, 6.07) is 0.157. The molecule has 3 rings (SSSR count). The molecular formula is C18H27N5O3. The molecule has 0 aliphatic carbocycles. The van der Waals surface area contributed by atoms with Crippen LogP contribution in [0.2, 0.25) is 0 Å². The molecule has 26 heavy (non-hydrogen) atoms. The molecule has 3 heterocycles. The highest BCUT2D eigenvalue weighted by Gasteiger charge is 2.25. The van der Waals surface area contributed by atoms with Gasteiger partial charge in [0.25, 0.3) is 0 Å². The average Bonchev–Trinajstić information content (AvgIpc) is 2.91. The second-order valence-electron chi connectivity index (χ2n) is 6.87. The Hall–Kier alpha value is -2.22. The van der Waals surface area contributed by atoms with Gasteiger partial charge in [-0.25, -0.2) is 14.8 Å². The lowest BCUT2D eigenvalue weighted by Gasteiger charge is -2.21. The Kier molecular flexibility index (Phi) is 6.38. The minimum absolute atomic E-state index is 0.0835. The number of likely N-dealkylation sites (tertiary alicyclic amines) is 1. The van der Waals surface area contributed by atoms with Gasteiger partial charge in [-0.2, -0.15) is 0 Å². The number of aromatic nitrogens is 2. The Labute approximate surface area is 153 Å². The lowest BCUT2D eigenvalue weighted by molar-refractivity contribution is -0.122. The van der Waals surface area contributed by atoms with Gasteiger partial charge in [-0.1, -0.05) is 6.92 Å². The van der Waals surface area contributed by atoms with E-state index in [4.69, 9.17) is 4.74 Å². The molecule has 2 aliphatic rings. The predicted molar refractivity (Wildman–Crippen MR) is 95.4 cm³/mol. The van der Waals surface area contributed by atoms with Crippen molar-refractivity contribution < 1.29 is 14.3 Å². The second-order valence-corrected chi connectivity index (χ2v) is 6.87. The Balaban J connectivity index is 1.43. The molecule has 2 fully saturated rings. The fraction of sp³-hybridized carbons (Fsp3) is 0.667. The van der Waals surface area contributed by atoms with E-state index in [2.05, 4.69) is 20.2 Å². The van der Waals surface area contributed by atoms with Gasteiger partial charge in [0, 0.05) is 43.5 Å². The maximum Gasteiger partial charge on any atom is 0.410 e. The predicted octanol–water partition coefficient (Wildman–Crippen LogP) is 0.962. The number of amides is 2. The number of ether oxygens (including phenoxy) is 1. The summed E-state index contributed by atoms with van der Waals surface area (Å²) < 4.78 is 4.85. The van der Waals surface area contributed by atoms with E-state index in [9.17, 15) is 9.59 Å². The molecule has 0 spiro atoms. The maximum absolute atomic E-state index is 12.2. The lowest BCUT2D eigenvalue weighted by atomic mass is 10.1. The number of rotatable bonds is 6. The van der Waals surface area contributed by atoms with Crippen LogP contribution in [0.1, 0.15) is 37.6 Å². The van der Waals surface area contributed by atoms with Gasteiger partial charge in [-0.15, -0.1) is 0 Å². The van der Waals surface area contributed by atoms with Gasteiger partial charge in [-0.05, 0) is 25.8 Å². The molecule has 1 aromatic rings. The molecule has 2 amide bonds. The molecular weight excluding hydrogens is 334 g/mol. The van der Waals surface area contributed by atoms with E-state index in [1.54, 1.807) is 0 Å². The SMILES string of the molecule is CCc1ncc(CN2CCC[C@@H](NC(=O)CN3CCOC3=O)CC2)cn1. The van der Waals surface area contributed by atoms with Crippen molar-refractivity contribution >= 4 is 12.0 Å². The Morgan fingerprint density at radius 3 is 2.77 bits per heavy atom. The number of nitrogens with one attached hydrogen (secondary N) is 1. The van der Waals surface area contributed by atoms with Crippen molar-refractivity contribution in [3.05, 3.63) is 23.8 Å². The molecule has 1 aromatic heterocycles. The van der Waals surface area contributed by atoms with Gasteiger partial charge >= 0.3 is 6.09 Å². The summed E-state index contributed by atoms with van der Waals surface area (Å²) in [5.41, 5.74) is 1.12. The van der Waals surface area contributed by atoms with Crippen LogP contribution in [0, 0.1) is 0 Å². The topological polar surface area (TPSA) is 87.7 Å². The van der Waals surface area contributed by atoms with E-state index in [1.165, 1.54) is 4.90 Å². The minimum atomic E-state index is -0.400. The zero-order chi connectivity index (χ0) is 18.4. The van der Waals surface area contributed by atoms with Crippen molar-refractivity contribution in [3.8, 4) is 0 Å². The first-order valence-corrected chi connectivity index (χ1v) is 9.37. The first-order valence-electron chi connectivity index (χ1n) is 9.37. The van der Waals surface area contributed by atoms with E-state index < -0.39 is 6.09 Å². The molecule has 2 aliphatic heterocycles. The number of aryl methyl sites for hydroxylation is 1. The largest absolute Gasteiger partial charge is 0.448 e. The third-order valence-corrected chi connectivity index (χ3v) is 4.85. The number of hydrogen-bond donors (Lipinski definition) is 1. The highest BCUT2D eigenvalue weighted by molar-refractivity contribution is 5.82. The summed E-state index contributed by atoms with van der Waals surface area (Å²) in [4.78, 5) is 36.1. The molecule has 0 saturated carbocycles. The smallest absolute Gasteiger partial charge is 0.410 e. The number of carbonyl (C=O) groups is 2. The van der Waals surface area contributed by atoms with Crippen LogP contribution >= 0.6 is 0 Å². The Morgan fingerprint density at radius 1 is 1.27 bits per heavy atom. The van der Waals surface area contributed by atoms with Gasteiger partial charge in [0.2, 0.25) is 5.91 Å². The number of nitrogens with zero attached hydrogens (tertiary/aromatic N) is 4. The molecule has 0 unspecified atom stereocenters. The monoisotopic (exact) mass is 361 g/mol. The van der Waals surface area contributed by atoms with Crippen LogP contribution in [0.25, 0.3) is 0 Å². The standard InChI is InChI=1S/C18H27N5O3/c1-2-16-19-10-14(11-20-16)12-22-6-3-4-15(5-7-22)21-17(24)13-23-8-9-26-18(23)25/h10-11,15H,2-9,12-13H2,1H3,(H,21,24)/t15-/m1/s1. The zero-order valence-electron chi connectivity index (χ0n) is 15.3. The van der Waals surface area contributed by atoms with Crippen molar-refractivity contribution in [1.29, 1.82) is 0 Å². The van der Waals surface area contributed by atoms with Crippen molar-refractivity contribution in [3.63, 3.8) is 0 Å². The van der Waals surface area contributed by atoms with Crippen LogP contribution in [0.3, 0.4) is 0 Å². The summed E-state index contributed by atoms with van der Waals surface area (Å²) in [5, 5.41) is 3.07. The van der Waals surface area contributed by atoms with Gasteiger partial charge in [-0.3, -0.25) is 14.6 Å². The van der Waals surface area contributed by atoms with Crippen LogP contribution in [0.5, 0.6) is 0 Å². The second kappa shape index (κ2) is 8.93. The first kappa shape index (κ1) is 18.6. The van der Waals surface area contributed by atoms with Crippen LogP contribution in [-0.4, -0.2) is 70.6 Å². The molecule has 2 saturated heterocycles. The Morgan fingerprint density at radius 2 is 2.08 bits per heavy atom. The van der Waals surface area contributed by atoms with Crippen LogP contribution in [0.4, 0.5) is 4.79 Å². The van der Waals surface area contributed by atoms with Gasteiger partial charge < -0.3 is 10.1 Å². The third-order valence-electron chi connectivity index (χ3n) is 4.85. The zero-order valence-corrected chi connectivity index (χ0v) is 15.3. The summed E-state index contributed by atoms with van der Waals surface area (Å²) in [7, 11) is 0. The summed E-state index contributed by atoms with van der Waals surface area (Å²) in [6.07, 6.45) is 7.16. The van der Waals surface area contributed by atoms with Crippen LogP contribution in [-0.2, 0) is 22.5 Å². The summed E-state index contributed by atoms with van der Waals surface area (Å²) in [6.45, 7) is 5.75. The van der Waals surface area contributed by atoms with Crippen molar-refractivity contribution in [2.45, 2.75) is 45.2 Å². The van der Waals surface area contributed by atoms with Crippen molar-refractivity contribution in [2.75, 3.05) is 32.8 Å². The van der Waals surface area contributed by atoms with E-state index >= 15 is 0 Å². The van der Waals surface area contributed by atoms with Crippen molar-refractivity contribution in [2.24, 2.45) is 0 Å². The van der Waals surface area contributed by atoms with Crippen molar-refractivity contribution in [1.82, 2.24) is 25.1 Å². The van der Waals surface area contributed by atoms with Crippen LogP contribution in [0.15, 0.2) is 12.4 Å². The fourth-order valence-corrected chi connectivity index (χ4v) is 3.38. The van der Waals surface area contributed by atoms with Gasteiger partial charge in [0.15, 0.2) is 0 Å². The first-order chi connectivity index (χ1) is 12.6. The molecule has 142 valence electrons. The number of hydrogen-bond acceptors (Lipinski definition) is 6. The molecule has 0 radical (unpaired) electrons. The minimum Gasteiger partial charge on any atom is -0.448 e. The molecule has 8 heteroatoms. The van der Waals surface area contributed by atoms with Crippen LogP contribution < -0.4 is 5.32 Å². The number of cyclic esters (lactones) is 1. The average molecular weight is 361 g/mol. The maximum atomic E-state index is 12.2.